The van der Waals surface area contributed by atoms with Gasteiger partial charge >= 0.3 is 11.9 Å². The van der Waals surface area contributed by atoms with Gasteiger partial charge in [-0.15, -0.1) is 12.4 Å². The highest BCUT2D eigenvalue weighted by molar-refractivity contribution is 6.11. The molecule has 1 aromatic heterocycles. The molecule has 2 aromatic carbocycles. The molecule has 1 unspecified atom stereocenters. The van der Waals surface area contributed by atoms with Crippen LogP contribution in [0.4, 0.5) is 0 Å². The number of phenols is 1. The first-order valence-corrected chi connectivity index (χ1v) is 10.4. The first kappa shape index (κ1) is 25.9. The van der Waals surface area contributed by atoms with E-state index < -0.39 is 5.97 Å². The Morgan fingerprint density at radius 3 is 2.52 bits per heavy atom. The second kappa shape index (κ2) is 12.0. The Labute approximate surface area is 197 Å². The summed E-state index contributed by atoms with van der Waals surface area (Å²) in [6, 6.07) is 13.5. The molecule has 0 bridgehead atoms. The predicted molar refractivity (Wildman–Crippen MR) is 126 cm³/mol. The van der Waals surface area contributed by atoms with Crippen LogP contribution >= 0.6 is 12.4 Å². The zero-order valence-electron chi connectivity index (χ0n) is 18.4. The van der Waals surface area contributed by atoms with E-state index in [1.165, 1.54) is 18.2 Å². The van der Waals surface area contributed by atoms with Gasteiger partial charge in [-0.25, -0.2) is 4.79 Å². The third kappa shape index (κ3) is 6.81. The van der Waals surface area contributed by atoms with Gasteiger partial charge in [-0.2, -0.15) is 0 Å². The average Bonchev–Trinajstić information content (AvgIpc) is 3.24. The number of phenolic OH excluding ortho intramolecular Hbond substituents is 1. The average molecular weight is 475 g/mol. The van der Waals surface area contributed by atoms with Gasteiger partial charge in [0.2, 0.25) is 0 Å². The number of nitrogens with one attached hydrogen (secondary N) is 2. The van der Waals surface area contributed by atoms with Crippen LogP contribution < -0.4 is 5.32 Å². The number of aromatic nitrogens is 1. The molecule has 0 spiro atoms. The lowest BCUT2D eigenvalue weighted by atomic mass is 10.0. The number of esters is 2. The van der Waals surface area contributed by atoms with Gasteiger partial charge < -0.3 is 24.9 Å². The van der Waals surface area contributed by atoms with E-state index in [0.717, 1.165) is 5.56 Å². The second-order valence-electron chi connectivity index (χ2n) is 7.38. The maximum Gasteiger partial charge on any atom is 0.354 e. The normalized spacial score (nSPS) is 11.5. The number of aromatic amines is 1. The molecule has 176 valence electrons. The number of H-pyrrole nitrogens is 1. The van der Waals surface area contributed by atoms with E-state index in [1.54, 1.807) is 13.8 Å². The van der Waals surface area contributed by atoms with Gasteiger partial charge in [0.05, 0.1) is 25.1 Å². The molecule has 0 saturated carbocycles. The van der Waals surface area contributed by atoms with Crippen LogP contribution in [0.3, 0.4) is 0 Å². The number of ether oxygens (including phenoxy) is 2. The van der Waals surface area contributed by atoms with Gasteiger partial charge in [0, 0.05) is 17.0 Å². The Balaban J connectivity index is 0.00000385. The molecular formula is C24H27ClN2O6. The van der Waals surface area contributed by atoms with Crippen LogP contribution in [-0.4, -0.2) is 47.0 Å². The smallest absolute Gasteiger partial charge is 0.354 e. The van der Waals surface area contributed by atoms with E-state index >= 15 is 0 Å². The Hall–Kier alpha value is -3.36. The maximum absolute atomic E-state index is 12.8. The summed E-state index contributed by atoms with van der Waals surface area (Å²) in [6.07, 6.45) is 0.113. The van der Waals surface area contributed by atoms with Crippen LogP contribution in [0.25, 0.3) is 10.9 Å². The number of aromatic hydroxyl groups is 1. The molecule has 9 heteroatoms. The van der Waals surface area contributed by atoms with Gasteiger partial charge in [0.1, 0.15) is 18.1 Å². The van der Waals surface area contributed by atoms with Crippen molar-refractivity contribution in [3.63, 3.8) is 0 Å². The lowest BCUT2D eigenvalue weighted by Gasteiger charge is -2.13. The predicted octanol–water partition coefficient (Wildman–Crippen LogP) is 3.77. The molecule has 0 aliphatic carbocycles. The SMILES string of the molecule is CCOC(=O)c1cc2c(C(=O)CNC(C)CC(=O)OCc3ccccc3)ccc(O)c2[nH]1.Cl. The van der Waals surface area contributed by atoms with Crippen LogP contribution in [0.1, 0.15) is 46.7 Å². The molecule has 3 aromatic rings. The fraction of sp³-hybridized carbons (Fsp3) is 0.292. The number of Topliss-reactive ketones (excluding diaryl/α,β-unsaturated/α-hetero) is 1. The second-order valence-corrected chi connectivity index (χ2v) is 7.38. The summed E-state index contributed by atoms with van der Waals surface area (Å²) >= 11 is 0. The molecule has 8 nitrogen and oxygen atoms in total. The van der Waals surface area contributed by atoms with Crippen molar-refractivity contribution in [2.75, 3.05) is 13.2 Å². The van der Waals surface area contributed by atoms with Crippen molar-refractivity contribution in [1.82, 2.24) is 10.3 Å². The molecule has 33 heavy (non-hydrogen) atoms. The zero-order valence-corrected chi connectivity index (χ0v) is 19.2. The Bertz CT molecular complexity index is 1110. The van der Waals surface area contributed by atoms with Crippen LogP contribution in [0.5, 0.6) is 5.75 Å². The van der Waals surface area contributed by atoms with Crippen molar-refractivity contribution in [2.24, 2.45) is 0 Å². The summed E-state index contributed by atoms with van der Waals surface area (Å²) in [7, 11) is 0. The van der Waals surface area contributed by atoms with E-state index in [0.29, 0.717) is 10.9 Å². The third-order valence-corrected chi connectivity index (χ3v) is 4.89. The van der Waals surface area contributed by atoms with Crippen LogP contribution in [-0.2, 0) is 20.9 Å². The fourth-order valence-electron chi connectivity index (χ4n) is 3.25. The number of carbonyl (C=O) groups excluding carboxylic acids is 3. The highest BCUT2D eigenvalue weighted by atomic mass is 35.5. The number of carbonyl (C=O) groups is 3. The summed E-state index contributed by atoms with van der Waals surface area (Å²) in [5.74, 6) is -1.25. The summed E-state index contributed by atoms with van der Waals surface area (Å²) in [4.78, 5) is 39.6. The first-order chi connectivity index (χ1) is 15.4. The Kier molecular flexibility index (Phi) is 9.44. The van der Waals surface area contributed by atoms with Gasteiger partial charge in [-0.3, -0.25) is 9.59 Å². The number of hydrogen-bond acceptors (Lipinski definition) is 7. The monoisotopic (exact) mass is 474 g/mol. The molecule has 0 aliphatic rings. The Morgan fingerprint density at radius 1 is 1.09 bits per heavy atom. The van der Waals surface area contributed by atoms with Gasteiger partial charge in [0.15, 0.2) is 5.78 Å². The van der Waals surface area contributed by atoms with E-state index in [1.807, 2.05) is 30.3 Å². The number of fused-ring (bicyclic) bond motifs is 1. The van der Waals surface area contributed by atoms with E-state index in [-0.39, 0.29) is 73.3 Å². The minimum Gasteiger partial charge on any atom is -0.506 e. The molecule has 0 aliphatic heterocycles. The molecule has 1 heterocycles. The molecule has 3 N–H and O–H groups in total. The lowest BCUT2D eigenvalue weighted by molar-refractivity contribution is -0.145. The van der Waals surface area contributed by atoms with Gasteiger partial charge in [-0.1, -0.05) is 30.3 Å². The van der Waals surface area contributed by atoms with E-state index in [2.05, 4.69) is 10.3 Å². The largest absolute Gasteiger partial charge is 0.506 e. The minimum absolute atomic E-state index is 0. The number of benzene rings is 2. The number of ketones is 1. The molecule has 0 saturated heterocycles. The molecule has 0 fully saturated rings. The van der Waals surface area contributed by atoms with Gasteiger partial charge in [-0.05, 0) is 37.6 Å². The van der Waals surface area contributed by atoms with Crippen LogP contribution in [0, 0.1) is 0 Å². The maximum atomic E-state index is 12.8. The topological polar surface area (TPSA) is 118 Å². The van der Waals surface area contributed by atoms with Crippen LogP contribution in [0.2, 0.25) is 0 Å². The molecular weight excluding hydrogens is 448 g/mol. The zero-order chi connectivity index (χ0) is 23.1. The van der Waals surface area contributed by atoms with Gasteiger partial charge in [0.25, 0.3) is 0 Å². The van der Waals surface area contributed by atoms with Crippen molar-refractivity contribution in [3.05, 3.63) is 65.4 Å². The van der Waals surface area contributed by atoms with Crippen LogP contribution in [0.15, 0.2) is 48.5 Å². The number of hydrogen-bond donors (Lipinski definition) is 3. The minimum atomic E-state index is -0.567. The fourth-order valence-corrected chi connectivity index (χ4v) is 3.25. The third-order valence-electron chi connectivity index (χ3n) is 4.89. The van der Waals surface area contributed by atoms with Crippen molar-refractivity contribution in [1.29, 1.82) is 0 Å². The molecule has 1 atom stereocenters. The summed E-state index contributed by atoms with van der Waals surface area (Å²) < 4.78 is 10.2. The van der Waals surface area contributed by atoms with Crippen molar-refractivity contribution in [2.45, 2.75) is 32.9 Å². The summed E-state index contributed by atoms with van der Waals surface area (Å²) in [5.41, 5.74) is 1.69. The number of rotatable bonds is 10. The first-order valence-electron chi connectivity index (χ1n) is 10.4. The lowest BCUT2D eigenvalue weighted by Crippen LogP contribution is -2.33. The summed E-state index contributed by atoms with van der Waals surface area (Å²) in [5, 5.41) is 13.5. The Morgan fingerprint density at radius 2 is 1.82 bits per heavy atom. The molecule has 3 rings (SSSR count). The van der Waals surface area contributed by atoms with E-state index in [4.69, 9.17) is 9.47 Å². The van der Waals surface area contributed by atoms with E-state index in [9.17, 15) is 19.5 Å². The summed E-state index contributed by atoms with van der Waals surface area (Å²) in [6.45, 7) is 3.87. The highest BCUT2D eigenvalue weighted by Crippen LogP contribution is 2.28. The van der Waals surface area contributed by atoms with Crippen molar-refractivity contribution in [3.8, 4) is 5.75 Å². The van der Waals surface area contributed by atoms with Crippen molar-refractivity contribution < 1.29 is 29.0 Å². The van der Waals surface area contributed by atoms with Crippen molar-refractivity contribution >= 4 is 41.0 Å². The quantitative estimate of drug-likeness (QED) is 0.302. The number of halogens is 1. The molecule has 0 amide bonds. The molecule has 0 radical (unpaired) electrons. The highest BCUT2D eigenvalue weighted by Gasteiger charge is 2.19. The standard InChI is InChI=1S/C24H26N2O6.ClH/c1-3-31-24(30)19-12-18-17(9-10-20(27)23(18)26-19)21(28)13-25-15(2)11-22(29)32-14-16-7-5-4-6-8-16;/h4-10,12,15,25-27H,3,11,13-14H2,1-2H3;1H.